The lowest BCUT2D eigenvalue weighted by Gasteiger charge is -2.34. The minimum absolute atomic E-state index is 0.299. The van der Waals surface area contributed by atoms with Crippen LogP contribution in [0.5, 0.6) is 0 Å². The van der Waals surface area contributed by atoms with E-state index in [1.165, 1.54) is 18.4 Å². The summed E-state index contributed by atoms with van der Waals surface area (Å²) in [6.07, 6.45) is 8.44. The molecule has 3 heteroatoms. The van der Waals surface area contributed by atoms with Crippen LogP contribution in [0.3, 0.4) is 0 Å². The van der Waals surface area contributed by atoms with Crippen molar-refractivity contribution >= 4 is 0 Å². The zero-order chi connectivity index (χ0) is 11.2. The highest BCUT2D eigenvalue weighted by Gasteiger charge is 2.20. The number of hydrogen-bond donors (Lipinski definition) is 1. The molecule has 0 spiro atoms. The minimum atomic E-state index is 0.299. The van der Waals surface area contributed by atoms with E-state index >= 15 is 0 Å². The summed E-state index contributed by atoms with van der Waals surface area (Å²) < 4.78 is 0. The van der Waals surface area contributed by atoms with Crippen molar-refractivity contribution in [2.75, 3.05) is 19.7 Å². The maximum atomic E-state index is 9.30. The Morgan fingerprint density at radius 3 is 3.12 bits per heavy atom. The number of aliphatic hydroxyl groups excluding tert-OH is 1. The van der Waals surface area contributed by atoms with Gasteiger partial charge in [0.2, 0.25) is 0 Å². The van der Waals surface area contributed by atoms with Crippen molar-refractivity contribution in [3.8, 4) is 0 Å². The van der Waals surface area contributed by atoms with Crippen LogP contribution in [0.2, 0.25) is 0 Å². The van der Waals surface area contributed by atoms with Crippen molar-refractivity contribution in [2.45, 2.75) is 31.7 Å². The molecule has 0 saturated carbocycles. The molecule has 0 radical (unpaired) electrons. The normalized spacial score (nSPS) is 22.2. The third-order valence-electron chi connectivity index (χ3n) is 3.37. The molecule has 3 nitrogen and oxygen atoms in total. The van der Waals surface area contributed by atoms with E-state index in [2.05, 4.69) is 16.0 Å². The molecular formula is C13H20N2O. The number of hydrogen-bond acceptors (Lipinski definition) is 3. The molecule has 1 saturated heterocycles. The minimum Gasteiger partial charge on any atom is -0.395 e. The predicted molar refractivity (Wildman–Crippen MR) is 64.2 cm³/mol. The maximum absolute atomic E-state index is 9.30. The summed E-state index contributed by atoms with van der Waals surface area (Å²) in [5.41, 5.74) is 1.28. The van der Waals surface area contributed by atoms with Gasteiger partial charge in [-0.05, 0) is 37.4 Å². The van der Waals surface area contributed by atoms with Crippen LogP contribution in [0.25, 0.3) is 0 Å². The van der Waals surface area contributed by atoms with Gasteiger partial charge in [-0.1, -0.05) is 12.5 Å². The van der Waals surface area contributed by atoms with E-state index in [9.17, 15) is 5.11 Å². The molecule has 1 aromatic heterocycles. The predicted octanol–water partition coefficient (Wildman–Crippen LogP) is 1.47. The Morgan fingerprint density at radius 1 is 1.44 bits per heavy atom. The van der Waals surface area contributed by atoms with Crippen molar-refractivity contribution in [1.82, 2.24) is 9.88 Å². The standard InChI is InChI=1S/C13H20N2O/c16-11-13-5-1-2-8-15(13)9-6-12-4-3-7-14-10-12/h3-4,7,10,13,16H,1-2,5-6,8-9,11H2. The number of nitrogens with zero attached hydrogens (tertiary/aromatic N) is 2. The first-order valence-corrected chi connectivity index (χ1v) is 6.14. The number of pyridine rings is 1. The van der Waals surface area contributed by atoms with Gasteiger partial charge in [0.1, 0.15) is 0 Å². The molecule has 16 heavy (non-hydrogen) atoms. The SMILES string of the molecule is OCC1CCCCN1CCc1cccnc1. The summed E-state index contributed by atoms with van der Waals surface area (Å²) in [7, 11) is 0. The molecule has 1 atom stereocenters. The number of aliphatic hydroxyl groups is 1. The van der Waals surface area contributed by atoms with Crippen LogP contribution < -0.4 is 0 Å². The lowest BCUT2D eigenvalue weighted by molar-refractivity contribution is 0.0913. The highest BCUT2D eigenvalue weighted by molar-refractivity contribution is 5.08. The molecule has 0 aromatic carbocycles. The van der Waals surface area contributed by atoms with Gasteiger partial charge in [-0.3, -0.25) is 9.88 Å². The average molecular weight is 220 g/mol. The van der Waals surface area contributed by atoms with E-state index in [4.69, 9.17) is 0 Å². The van der Waals surface area contributed by atoms with Crippen molar-refractivity contribution in [2.24, 2.45) is 0 Å². The van der Waals surface area contributed by atoms with E-state index < -0.39 is 0 Å². The first-order valence-electron chi connectivity index (χ1n) is 6.14. The number of piperidine rings is 1. The Kier molecular flexibility index (Phi) is 4.31. The van der Waals surface area contributed by atoms with Gasteiger partial charge in [-0.25, -0.2) is 0 Å². The molecule has 0 aliphatic carbocycles. The Hall–Kier alpha value is -0.930. The Balaban J connectivity index is 1.84. The highest BCUT2D eigenvalue weighted by Crippen LogP contribution is 2.16. The summed E-state index contributed by atoms with van der Waals surface area (Å²) in [5.74, 6) is 0. The van der Waals surface area contributed by atoms with Crippen molar-refractivity contribution in [3.63, 3.8) is 0 Å². The topological polar surface area (TPSA) is 36.4 Å². The Bertz CT molecular complexity index is 302. The lowest BCUT2D eigenvalue weighted by atomic mass is 10.0. The van der Waals surface area contributed by atoms with Crippen molar-refractivity contribution in [3.05, 3.63) is 30.1 Å². The highest BCUT2D eigenvalue weighted by atomic mass is 16.3. The fourth-order valence-electron chi connectivity index (χ4n) is 2.38. The van der Waals surface area contributed by atoms with Gasteiger partial charge in [0.25, 0.3) is 0 Å². The van der Waals surface area contributed by atoms with E-state index in [-0.39, 0.29) is 0 Å². The monoisotopic (exact) mass is 220 g/mol. The summed E-state index contributed by atoms with van der Waals surface area (Å²) in [6, 6.07) is 4.48. The summed E-state index contributed by atoms with van der Waals surface area (Å²) in [6.45, 7) is 2.47. The van der Waals surface area contributed by atoms with Crippen LogP contribution in [0, 0.1) is 0 Å². The number of aromatic nitrogens is 1. The maximum Gasteiger partial charge on any atom is 0.0586 e. The Morgan fingerprint density at radius 2 is 2.38 bits per heavy atom. The molecule has 0 bridgehead atoms. The van der Waals surface area contributed by atoms with Gasteiger partial charge in [-0.15, -0.1) is 0 Å². The lowest BCUT2D eigenvalue weighted by Crippen LogP contribution is -2.42. The van der Waals surface area contributed by atoms with Gasteiger partial charge in [-0.2, -0.15) is 0 Å². The number of likely N-dealkylation sites (tertiary alicyclic amines) is 1. The third kappa shape index (κ3) is 3.03. The second-order valence-corrected chi connectivity index (χ2v) is 4.48. The third-order valence-corrected chi connectivity index (χ3v) is 3.37. The molecule has 1 unspecified atom stereocenters. The number of rotatable bonds is 4. The molecule has 88 valence electrons. The van der Waals surface area contributed by atoms with E-state index in [1.807, 2.05) is 12.3 Å². The molecule has 1 aromatic rings. The van der Waals surface area contributed by atoms with E-state index in [0.29, 0.717) is 12.6 Å². The molecule has 2 rings (SSSR count). The second-order valence-electron chi connectivity index (χ2n) is 4.48. The Labute approximate surface area is 97.1 Å². The van der Waals surface area contributed by atoms with E-state index in [0.717, 1.165) is 25.9 Å². The van der Waals surface area contributed by atoms with Crippen molar-refractivity contribution < 1.29 is 5.11 Å². The van der Waals surface area contributed by atoms with Crippen LogP contribution >= 0.6 is 0 Å². The zero-order valence-electron chi connectivity index (χ0n) is 9.68. The first kappa shape index (κ1) is 11.6. The largest absolute Gasteiger partial charge is 0.395 e. The molecule has 2 heterocycles. The summed E-state index contributed by atoms with van der Waals surface area (Å²) in [5, 5.41) is 9.30. The molecule has 1 N–H and O–H groups in total. The van der Waals surface area contributed by atoms with Gasteiger partial charge >= 0.3 is 0 Å². The second kappa shape index (κ2) is 5.97. The molecular weight excluding hydrogens is 200 g/mol. The quantitative estimate of drug-likeness (QED) is 0.834. The van der Waals surface area contributed by atoms with Crippen molar-refractivity contribution in [1.29, 1.82) is 0 Å². The van der Waals surface area contributed by atoms with Gasteiger partial charge in [0, 0.05) is 25.0 Å². The van der Waals surface area contributed by atoms with Gasteiger partial charge in [0.05, 0.1) is 6.61 Å². The van der Waals surface area contributed by atoms with Crippen LogP contribution in [0.4, 0.5) is 0 Å². The van der Waals surface area contributed by atoms with Gasteiger partial charge in [0.15, 0.2) is 0 Å². The smallest absolute Gasteiger partial charge is 0.0586 e. The summed E-state index contributed by atoms with van der Waals surface area (Å²) in [4.78, 5) is 6.53. The molecule has 0 amide bonds. The molecule has 1 aliphatic heterocycles. The van der Waals surface area contributed by atoms with Crippen LogP contribution in [-0.2, 0) is 6.42 Å². The van der Waals surface area contributed by atoms with Crippen LogP contribution in [-0.4, -0.2) is 40.7 Å². The molecule has 1 aliphatic rings. The van der Waals surface area contributed by atoms with Gasteiger partial charge < -0.3 is 5.11 Å². The molecule has 1 fully saturated rings. The fourth-order valence-corrected chi connectivity index (χ4v) is 2.38. The van der Waals surface area contributed by atoms with Crippen LogP contribution in [0.1, 0.15) is 24.8 Å². The zero-order valence-corrected chi connectivity index (χ0v) is 9.68. The summed E-state index contributed by atoms with van der Waals surface area (Å²) >= 11 is 0. The van der Waals surface area contributed by atoms with E-state index in [1.54, 1.807) is 6.20 Å². The average Bonchev–Trinajstić information content (AvgIpc) is 2.38. The first-order chi connectivity index (χ1) is 7.90. The fraction of sp³-hybridized carbons (Fsp3) is 0.615. The van der Waals surface area contributed by atoms with Crippen LogP contribution in [0.15, 0.2) is 24.5 Å².